The van der Waals surface area contributed by atoms with Crippen LogP contribution in [0.5, 0.6) is 0 Å². The molecule has 116 valence electrons. The summed E-state index contributed by atoms with van der Waals surface area (Å²) in [5, 5.41) is 6.36. The Morgan fingerprint density at radius 1 is 1.57 bits per heavy atom. The van der Waals surface area contributed by atoms with Crippen LogP contribution >= 0.6 is 0 Å². The minimum atomic E-state index is -0.315. The molecule has 1 fully saturated rings. The van der Waals surface area contributed by atoms with Crippen LogP contribution in [0.15, 0.2) is 10.6 Å². The highest BCUT2D eigenvalue weighted by Crippen LogP contribution is 2.10. The number of anilines is 1. The summed E-state index contributed by atoms with van der Waals surface area (Å²) in [6.45, 7) is 3.61. The number of ether oxygens (including phenoxy) is 2. The summed E-state index contributed by atoms with van der Waals surface area (Å²) in [5.41, 5.74) is 0. The fourth-order valence-corrected chi connectivity index (χ4v) is 2.13. The number of hydrogen-bond donors (Lipinski definition) is 1. The highest BCUT2D eigenvalue weighted by Gasteiger charge is 2.24. The zero-order valence-electron chi connectivity index (χ0n) is 12.1. The minimum absolute atomic E-state index is 0.179. The lowest BCUT2D eigenvalue weighted by atomic mass is 10.2. The number of aryl methyl sites for hydroxylation is 1. The second-order valence-electron chi connectivity index (χ2n) is 4.88. The Morgan fingerprint density at radius 2 is 2.38 bits per heavy atom. The van der Waals surface area contributed by atoms with Crippen LogP contribution in [0.25, 0.3) is 0 Å². The van der Waals surface area contributed by atoms with E-state index in [0.717, 1.165) is 0 Å². The number of carbonyl (C=O) groups excluding carboxylic acids is 2. The normalized spacial score (nSPS) is 19.2. The molecular weight excluding hydrogens is 278 g/mol. The first-order chi connectivity index (χ1) is 10.1. The second-order valence-corrected chi connectivity index (χ2v) is 4.88. The number of methoxy groups -OCH3 is 1. The Hall–Kier alpha value is -1.93. The standard InChI is InChI=1S/C13H19N3O5/c1-9-5-11(15-21-9)14-12(17)8-16-3-4-20-10(7-16)6-13(18)19-2/h5,10H,3-4,6-8H2,1-2H3,(H,14,15,17). The van der Waals surface area contributed by atoms with Gasteiger partial charge in [-0.2, -0.15) is 0 Å². The molecule has 1 amide bonds. The van der Waals surface area contributed by atoms with Gasteiger partial charge in [0.2, 0.25) is 5.91 Å². The van der Waals surface area contributed by atoms with Crippen LogP contribution in [0.4, 0.5) is 5.82 Å². The summed E-state index contributed by atoms with van der Waals surface area (Å²) in [6.07, 6.45) is -0.0508. The molecule has 0 radical (unpaired) electrons. The smallest absolute Gasteiger partial charge is 0.308 e. The van der Waals surface area contributed by atoms with Crippen molar-refractivity contribution in [3.05, 3.63) is 11.8 Å². The molecule has 0 saturated carbocycles. The van der Waals surface area contributed by atoms with Crippen LogP contribution in [-0.2, 0) is 19.1 Å². The Morgan fingerprint density at radius 3 is 3.05 bits per heavy atom. The minimum Gasteiger partial charge on any atom is -0.469 e. The van der Waals surface area contributed by atoms with Crippen LogP contribution in [0, 0.1) is 6.92 Å². The van der Waals surface area contributed by atoms with E-state index in [2.05, 4.69) is 15.2 Å². The van der Waals surface area contributed by atoms with Crippen molar-refractivity contribution in [3.63, 3.8) is 0 Å². The molecule has 8 nitrogen and oxygen atoms in total. The molecule has 0 spiro atoms. The summed E-state index contributed by atoms with van der Waals surface area (Å²) < 4.78 is 15.0. The van der Waals surface area contributed by atoms with Crippen molar-refractivity contribution in [1.29, 1.82) is 0 Å². The fourth-order valence-electron chi connectivity index (χ4n) is 2.13. The topological polar surface area (TPSA) is 93.9 Å². The maximum atomic E-state index is 11.9. The lowest BCUT2D eigenvalue weighted by Gasteiger charge is -2.31. The molecule has 1 saturated heterocycles. The first kappa shape index (κ1) is 15.5. The van der Waals surface area contributed by atoms with Gasteiger partial charge in [0.05, 0.1) is 32.8 Å². The summed E-state index contributed by atoms with van der Waals surface area (Å²) in [6, 6.07) is 1.65. The van der Waals surface area contributed by atoms with Crippen LogP contribution in [0.1, 0.15) is 12.2 Å². The van der Waals surface area contributed by atoms with Gasteiger partial charge in [0.1, 0.15) is 5.76 Å². The molecule has 2 rings (SSSR count). The average molecular weight is 297 g/mol. The van der Waals surface area contributed by atoms with E-state index in [1.165, 1.54) is 7.11 Å². The fraction of sp³-hybridized carbons (Fsp3) is 0.615. The largest absolute Gasteiger partial charge is 0.469 e. The van der Waals surface area contributed by atoms with Gasteiger partial charge in [0.25, 0.3) is 0 Å². The van der Waals surface area contributed by atoms with Gasteiger partial charge in [-0.1, -0.05) is 5.16 Å². The van der Waals surface area contributed by atoms with Gasteiger partial charge < -0.3 is 19.3 Å². The molecule has 0 bridgehead atoms. The van der Waals surface area contributed by atoms with Crippen molar-refractivity contribution in [2.75, 3.05) is 38.7 Å². The van der Waals surface area contributed by atoms with Crippen LogP contribution in [-0.4, -0.2) is 61.4 Å². The number of aromatic nitrogens is 1. The third-order valence-electron chi connectivity index (χ3n) is 3.11. The molecule has 1 aliphatic heterocycles. The predicted octanol–water partition coefficient (Wildman–Crippen LogP) is 0.185. The Labute approximate surface area is 122 Å². The molecule has 1 unspecified atom stereocenters. The van der Waals surface area contributed by atoms with Gasteiger partial charge in [0, 0.05) is 19.2 Å². The lowest BCUT2D eigenvalue weighted by molar-refractivity contribution is -0.145. The molecule has 1 aromatic rings. The average Bonchev–Trinajstić information content (AvgIpc) is 2.84. The summed E-state index contributed by atoms with van der Waals surface area (Å²) in [5.74, 6) is 0.540. The molecule has 1 N–H and O–H groups in total. The van der Waals surface area contributed by atoms with Gasteiger partial charge in [-0.3, -0.25) is 14.5 Å². The maximum Gasteiger partial charge on any atom is 0.308 e. The number of amides is 1. The van der Waals surface area contributed by atoms with E-state index >= 15 is 0 Å². The van der Waals surface area contributed by atoms with Gasteiger partial charge >= 0.3 is 5.97 Å². The van der Waals surface area contributed by atoms with Crippen molar-refractivity contribution in [1.82, 2.24) is 10.1 Å². The van der Waals surface area contributed by atoms with E-state index in [-0.39, 0.29) is 30.9 Å². The van der Waals surface area contributed by atoms with Crippen LogP contribution in [0.2, 0.25) is 0 Å². The van der Waals surface area contributed by atoms with E-state index in [1.54, 1.807) is 13.0 Å². The Bertz CT molecular complexity index is 502. The second kappa shape index (κ2) is 7.19. The molecule has 0 aliphatic carbocycles. The molecule has 1 aliphatic rings. The van der Waals surface area contributed by atoms with Crippen LogP contribution < -0.4 is 5.32 Å². The summed E-state index contributed by atoms with van der Waals surface area (Å²) in [7, 11) is 1.34. The quantitative estimate of drug-likeness (QED) is 0.775. The van der Waals surface area contributed by atoms with E-state index in [1.807, 2.05) is 4.90 Å². The van der Waals surface area contributed by atoms with Gasteiger partial charge in [0.15, 0.2) is 5.82 Å². The number of nitrogens with one attached hydrogen (secondary N) is 1. The first-order valence-corrected chi connectivity index (χ1v) is 6.70. The van der Waals surface area contributed by atoms with Crippen molar-refractivity contribution < 1.29 is 23.6 Å². The lowest BCUT2D eigenvalue weighted by Crippen LogP contribution is -2.46. The van der Waals surface area contributed by atoms with Crippen LogP contribution in [0.3, 0.4) is 0 Å². The van der Waals surface area contributed by atoms with Crippen molar-refractivity contribution >= 4 is 17.7 Å². The third-order valence-corrected chi connectivity index (χ3v) is 3.11. The number of rotatable bonds is 5. The summed E-state index contributed by atoms with van der Waals surface area (Å²) >= 11 is 0. The van der Waals surface area contributed by atoms with E-state index < -0.39 is 0 Å². The first-order valence-electron chi connectivity index (χ1n) is 6.70. The maximum absolute atomic E-state index is 11.9. The molecule has 21 heavy (non-hydrogen) atoms. The monoisotopic (exact) mass is 297 g/mol. The predicted molar refractivity (Wildman–Crippen MR) is 72.7 cm³/mol. The van der Waals surface area contributed by atoms with Crippen molar-refractivity contribution in [2.45, 2.75) is 19.4 Å². The van der Waals surface area contributed by atoms with Gasteiger partial charge in [-0.25, -0.2) is 0 Å². The molecule has 1 atom stereocenters. The zero-order valence-corrected chi connectivity index (χ0v) is 12.1. The Balaban J connectivity index is 1.79. The number of hydrogen-bond acceptors (Lipinski definition) is 7. The highest BCUT2D eigenvalue weighted by atomic mass is 16.5. The third kappa shape index (κ3) is 4.83. The number of nitrogens with zero attached hydrogens (tertiary/aromatic N) is 2. The van der Waals surface area contributed by atoms with E-state index in [4.69, 9.17) is 9.26 Å². The van der Waals surface area contributed by atoms with Crippen molar-refractivity contribution in [2.24, 2.45) is 0 Å². The summed E-state index contributed by atoms with van der Waals surface area (Å²) in [4.78, 5) is 25.1. The van der Waals surface area contributed by atoms with Gasteiger partial charge in [-0.15, -0.1) is 0 Å². The Kier molecular flexibility index (Phi) is 5.29. The number of carbonyl (C=O) groups is 2. The SMILES string of the molecule is COC(=O)CC1CN(CC(=O)Nc2cc(C)on2)CCO1. The molecule has 0 aromatic carbocycles. The van der Waals surface area contributed by atoms with E-state index in [0.29, 0.717) is 31.3 Å². The molecule has 8 heteroatoms. The molecular formula is C13H19N3O5. The number of morpholine rings is 1. The molecule has 2 heterocycles. The molecule has 1 aromatic heterocycles. The zero-order chi connectivity index (χ0) is 15.2. The van der Waals surface area contributed by atoms with E-state index in [9.17, 15) is 9.59 Å². The van der Waals surface area contributed by atoms with Gasteiger partial charge in [-0.05, 0) is 6.92 Å². The number of esters is 1. The highest BCUT2D eigenvalue weighted by molar-refractivity contribution is 5.91. The van der Waals surface area contributed by atoms with Crippen molar-refractivity contribution in [3.8, 4) is 0 Å².